The van der Waals surface area contributed by atoms with Crippen molar-refractivity contribution in [1.82, 2.24) is 4.98 Å². The highest BCUT2D eigenvalue weighted by molar-refractivity contribution is 5.91. The molecule has 4 heteroatoms. The Balaban J connectivity index is 3.27. The van der Waals surface area contributed by atoms with E-state index in [1.165, 1.54) is 6.21 Å². The van der Waals surface area contributed by atoms with Gasteiger partial charge >= 0.3 is 0 Å². The Kier molecular flexibility index (Phi) is 2.28. The first-order chi connectivity index (χ1) is 5.66. The number of anilines is 2. The van der Waals surface area contributed by atoms with Gasteiger partial charge in [0.25, 0.3) is 0 Å². The number of nitrogens with two attached hydrogens (primary N) is 1. The molecule has 0 radical (unpaired) electrons. The van der Waals surface area contributed by atoms with Gasteiger partial charge in [0.05, 0.1) is 11.3 Å². The third-order valence-electron chi connectivity index (χ3n) is 1.62. The second-order valence-corrected chi connectivity index (χ2v) is 2.67. The lowest BCUT2D eigenvalue weighted by molar-refractivity contribution is 1.12. The zero-order valence-corrected chi connectivity index (χ0v) is 7.20. The van der Waals surface area contributed by atoms with Crippen LogP contribution in [0.15, 0.2) is 12.3 Å². The lowest BCUT2D eigenvalue weighted by atomic mass is 10.2. The monoisotopic (exact) mass is 164 g/mol. The highest BCUT2D eigenvalue weighted by atomic mass is 15.1. The molecule has 0 saturated heterocycles. The van der Waals surface area contributed by atoms with E-state index in [0.717, 1.165) is 5.69 Å². The smallest absolute Gasteiger partial charge is 0.134 e. The lowest BCUT2D eigenvalue weighted by Crippen LogP contribution is -2.12. The molecular formula is C8H12N4. The predicted molar refractivity (Wildman–Crippen MR) is 50.9 cm³/mol. The maximum absolute atomic E-state index is 7.15. The van der Waals surface area contributed by atoms with Crippen LogP contribution in [0.1, 0.15) is 5.56 Å². The van der Waals surface area contributed by atoms with Gasteiger partial charge in [0.15, 0.2) is 0 Å². The van der Waals surface area contributed by atoms with E-state index in [1.54, 1.807) is 6.20 Å². The van der Waals surface area contributed by atoms with Gasteiger partial charge in [0, 0.05) is 26.5 Å². The van der Waals surface area contributed by atoms with Crippen LogP contribution in [0.5, 0.6) is 0 Å². The number of hydrogen-bond acceptors (Lipinski definition) is 4. The molecule has 12 heavy (non-hydrogen) atoms. The van der Waals surface area contributed by atoms with Crippen LogP contribution < -0.4 is 10.6 Å². The van der Waals surface area contributed by atoms with Crippen molar-refractivity contribution in [2.45, 2.75) is 0 Å². The minimum absolute atomic E-state index is 0.399. The Bertz CT molecular complexity index is 293. The fourth-order valence-corrected chi connectivity index (χ4v) is 1.02. The largest absolute Gasteiger partial charge is 0.383 e. The Morgan fingerprint density at radius 2 is 2.25 bits per heavy atom. The summed E-state index contributed by atoms with van der Waals surface area (Å²) < 4.78 is 0. The van der Waals surface area contributed by atoms with Gasteiger partial charge in [0.1, 0.15) is 5.82 Å². The number of pyridine rings is 1. The summed E-state index contributed by atoms with van der Waals surface area (Å²) in [5.74, 6) is 0.399. The van der Waals surface area contributed by atoms with Crippen molar-refractivity contribution < 1.29 is 0 Å². The first kappa shape index (κ1) is 8.52. The summed E-state index contributed by atoms with van der Waals surface area (Å²) in [5, 5.41) is 7.15. The van der Waals surface area contributed by atoms with Crippen molar-refractivity contribution in [3.05, 3.63) is 17.8 Å². The van der Waals surface area contributed by atoms with Crippen molar-refractivity contribution in [2.75, 3.05) is 24.7 Å². The van der Waals surface area contributed by atoms with Crippen molar-refractivity contribution in [3.8, 4) is 0 Å². The zero-order valence-electron chi connectivity index (χ0n) is 7.20. The van der Waals surface area contributed by atoms with Gasteiger partial charge in [-0.05, 0) is 6.07 Å². The van der Waals surface area contributed by atoms with Crippen LogP contribution in [-0.4, -0.2) is 25.3 Å². The SMILES string of the molecule is CN(C)c1ccnc(N)c1C=N. The predicted octanol–water partition coefficient (Wildman–Crippen LogP) is 0.727. The van der Waals surface area contributed by atoms with Gasteiger partial charge in [0.2, 0.25) is 0 Å². The van der Waals surface area contributed by atoms with E-state index < -0.39 is 0 Å². The summed E-state index contributed by atoms with van der Waals surface area (Å²) in [6.07, 6.45) is 2.86. The van der Waals surface area contributed by atoms with Crippen LogP contribution in [0.25, 0.3) is 0 Å². The highest BCUT2D eigenvalue weighted by Gasteiger charge is 2.05. The van der Waals surface area contributed by atoms with E-state index >= 15 is 0 Å². The second kappa shape index (κ2) is 3.21. The molecular weight excluding hydrogens is 152 g/mol. The van der Waals surface area contributed by atoms with Crippen molar-refractivity contribution in [3.63, 3.8) is 0 Å². The molecule has 64 valence electrons. The Hall–Kier alpha value is -1.58. The van der Waals surface area contributed by atoms with Crippen LogP contribution in [0.3, 0.4) is 0 Å². The molecule has 0 saturated carbocycles. The molecule has 0 amide bonds. The number of nitrogen functional groups attached to an aromatic ring is 1. The minimum Gasteiger partial charge on any atom is -0.383 e. The van der Waals surface area contributed by atoms with E-state index in [9.17, 15) is 0 Å². The molecule has 4 nitrogen and oxygen atoms in total. The van der Waals surface area contributed by atoms with Gasteiger partial charge in [-0.15, -0.1) is 0 Å². The van der Waals surface area contributed by atoms with Crippen LogP contribution >= 0.6 is 0 Å². The van der Waals surface area contributed by atoms with Gasteiger partial charge < -0.3 is 16.0 Å². The highest BCUT2D eigenvalue weighted by Crippen LogP contribution is 2.19. The third kappa shape index (κ3) is 1.37. The zero-order chi connectivity index (χ0) is 9.14. The third-order valence-corrected chi connectivity index (χ3v) is 1.62. The average Bonchev–Trinajstić information content (AvgIpc) is 2.03. The summed E-state index contributed by atoms with van der Waals surface area (Å²) in [5.41, 5.74) is 7.16. The van der Waals surface area contributed by atoms with Crippen molar-refractivity contribution >= 4 is 17.7 Å². The summed E-state index contributed by atoms with van der Waals surface area (Å²) in [7, 11) is 3.81. The molecule has 0 aromatic carbocycles. The quantitative estimate of drug-likeness (QED) is 0.633. The average molecular weight is 164 g/mol. The molecule has 3 N–H and O–H groups in total. The maximum Gasteiger partial charge on any atom is 0.134 e. The summed E-state index contributed by atoms with van der Waals surface area (Å²) >= 11 is 0. The molecule has 1 rings (SSSR count). The molecule has 0 fully saturated rings. The van der Waals surface area contributed by atoms with Gasteiger partial charge in [-0.2, -0.15) is 0 Å². The summed E-state index contributed by atoms with van der Waals surface area (Å²) in [4.78, 5) is 5.79. The maximum atomic E-state index is 7.15. The van der Waals surface area contributed by atoms with Gasteiger partial charge in [-0.25, -0.2) is 4.98 Å². The molecule has 0 bridgehead atoms. The Morgan fingerprint density at radius 1 is 1.58 bits per heavy atom. The topological polar surface area (TPSA) is 66.0 Å². The molecule has 0 aliphatic heterocycles. The molecule has 1 aromatic rings. The Morgan fingerprint density at radius 3 is 2.67 bits per heavy atom. The first-order valence-corrected chi connectivity index (χ1v) is 3.59. The van der Waals surface area contributed by atoms with Crippen molar-refractivity contribution in [1.29, 1.82) is 5.41 Å². The fraction of sp³-hybridized carbons (Fsp3) is 0.250. The van der Waals surface area contributed by atoms with E-state index in [0.29, 0.717) is 11.4 Å². The number of rotatable bonds is 2. The lowest BCUT2D eigenvalue weighted by Gasteiger charge is -2.15. The molecule has 0 unspecified atom stereocenters. The number of aromatic nitrogens is 1. The Labute approximate surface area is 71.5 Å². The number of nitrogens with one attached hydrogen (secondary N) is 1. The van der Waals surface area contributed by atoms with Crippen molar-refractivity contribution in [2.24, 2.45) is 0 Å². The van der Waals surface area contributed by atoms with Gasteiger partial charge in [-0.3, -0.25) is 0 Å². The molecule has 1 heterocycles. The molecule has 0 aliphatic rings. The molecule has 0 aliphatic carbocycles. The molecule has 1 aromatic heterocycles. The standard InChI is InChI=1S/C8H12N4/c1-12(2)7-3-4-11-8(10)6(7)5-9/h3-5,9H,1-2H3,(H2,10,11). The number of nitrogens with zero attached hydrogens (tertiary/aromatic N) is 2. The van der Waals surface area contributed by atoms with E-state index in [2.05, 4.69) is 4.98 Å². The molecule has 0 atom stereocenters. The van der Waals surface area contributed by atoms with E-state index in [4.69, 9.17) is 11.1 Å². The second-order valence-electron chi connectivity index (χ2n) is 2.67. The summed E-state index contributed by atoms with van der Waals surface area (Å²) in [6, 6.07) is 1.83. The van der Waals surface area contributed by atoms with Crippen LogP contribution in [0.4, 0.5) is 11.5 Å². The van der Waals surface area contributed by atoms with Crippen LogP contribution in [0, 0.1) is 5.41 Å². The normalized spacial score (nSPS) is 9.50. The summed E-state index contributed by atoms with van der Waals surface area (Å²) in [6.45, 7) is 0. The fourth-order valence-electron chi connectivity index (χ4n) is 1.02. The van der Waals surface area contributed by atoms with Gasteiger partial charge in [-0.1, -0.05) is 0 Å². The number of hydrogen-bond donors (Lipinski definition) is 2. The minimum atomic E-state index is 0.399. The van der Waals surface area contributed by atoms with Crippen LogP contribution in [0.2, 0.25) is 0 Å². The first-order valence-electron chi connectivity index (χ1n) is 3.59. The van der Waals surface area contributed by atoms with Crippen LogP contribution in [-0.2, 0) is 0 Å². The van der Waals surface area contributed by atoms with E-state index in [1.807, 2.05) is 25.1 Å². The van der Waals surface area contributed by atoms with E-state index in [-0.39, 0.29) is 0 Å². The molecule has 0 spiro atoms.